The quantitative estimate of drug-likeness (QED) is 0.312. The molecule has 156 valence electrons. The van der Waals surface area contributed by atoms with Gasteiger partial charge in [-0.3, -0.25) is 0 Å². The number of hydrogen-bond acceptors (Lipinski definition) is 3. The van der Waals surface area contributed by atoms with Gasteiger partial charge in [0.25, 0.3) is 0 Å². The van der Waals surface area contributed by atoms with Crippen molar-refractivity contribution in [3.05, 3.63) is 48.5 Å². The zero-order valence-electron chi connectivity index (χ0n) is 17.2. The molecule has 0 spiro atoms. The molecule has 0 aromatic heterocycles. The Kier molecular flexibility index (Phi) is 9.35. The predicted molar refractivity (Wildman–Crippen MR) is 120 cm³/mol. The first-order valence-electron chi connectivity index (χ1n) is 10.0. The lowest BCUT2D eigenvalue weighted by Gasteiger charge is -2.08. The number of aliphatic imine (C=N–C) groups is 2. The molecular formula is C22H31N5O2. The molecule has 2 rings (SSSR count). The largest absolute Gasteiger partial charge is 0.494 e. The molecule has 0 saturated carbocycles. The summed E-state index contributed by atoms with van der Waals surface area (Å²) in [6.07, 6.45) is 4.27. The summed E-state index contributed by atoms with van der Waals surface area (Å²) in [7, 11) is 0. The Morgan fingerprint density at radius 3 is 1.86 bits per heavy atom. The van der Waals surface area contributed by atoms with Crippen molar-refractivity contribution < 1.29 is 9.47 Å². The van der Waals surface area contributed by atoms with Gasteiger partial charge in [0.2, 0.25) is 11.9 Å². The second-order valence-corrected chi connectivity index (χ2v) is 6.51. The van der Waals surface area contributed by atoms with Gasteiger partial charge in [0.15, 0.2) is 0 Å². The van der Waals surface area contributed by atoms with E-state index in [4.69, 9.17) is 20.9 Å². The zero-order valence-corrected chi connectivity index (χ0v) is 17.2. The third kappa shape index (κ3) is 8.55. The average Bonchev–Trinajstić information content (AvgIpc) is 2.71. The summed E-state index contributed by atoms with van der Waals surface area (Å²) in [5, 5.41) is 2.98. The Bertz CT molecular complexity index is 786. The lowest BCUT2D eigenvalue weighted by atomic mass is 10.3. The van der Waals surface area contributed by atoms with Gasteiger partial charge in [-0.15, -0.1) is 0 Å². The summed E-state index contributed by atoms with van der Waals surface area (Å²) < 4.78 is 11.3. The van der Waals surface area contributed by atoms with Crippen molar-refractivity contribution in [3.8, 4) is 11.5 Å². The van der Waals surface area contributed by atoms with Crippen molar-refractivity contribution in [1.82, 2.24) is 0 Å². The molecule has 0 radical (unpaired) electrons. The second kappa shape index (κ2) is 12.3. The minimum absolute atomic E-state index is 0.0640. The molecule has 0 fully saturated rings. The van der Waals surface area contributed by atoms with Gasteiger partial charge in [0.1, 0.15) is 11.5 Å². The maximum Gasteiger partial charge on any atom is 0.223 e. The van der Waals surface area contributed by atoms with E-state index in [1.54, 1.807) is 0 Å². The van der Waals surface area contributed by atoms with Crippen molar-refractivity contribution in [2.24, 2.45) is 21.5 Å². The van der Waals surface area contributed by atoms with E-state index in [2.05, 4.69) is 29.1 Å². The SMILES string of the molecule is CCCCOc1ccc(N=C(N)N=C(N)Nc2ccc(OCCCC)cc2)cc1. The first kappa shape index (κ1) is 22.1. The Balaban J connectivity index is 1.89. The van der Waals surface area contributed by atoms with Crippen LogP contribution in [0.2, 0.25) is 0 Å². The van der Waals surface area contributed by atoms with Crippen LogP contribution >= 0.6 is 0 Å². The molecule has 29 heavy (non-hydrogen) atoms. The highest BCUT2D eigenvalue weighted by Crippen LogP contribution is 2.19. The topological polar surface area (TPSA) is 107 Å². The maximum absolute atomic E-state index is 5.92. The Hall–Kier alpha value is -3.22. The number of nitrogens with zero attached hydrogens (tertiary/aromatic N) is 2. The highest BCUT2D eigenvalue weighted by molar-refractivity contribution is 6.01. The number of nitrogens with one attached hydrogen (secondary N) is 1. The molecule has 7 heteroatoms. The summed E-state index contributed by atoms with van der Waals surface area (Å²) in [6, 6.07) is 14.9. The number of ether oxygens (including phenoxy) is 2. The van der Waals surface area contributed by atoms with E-state index >= 15 is 0 Å². The summed E-state index contributed by atoms with van der Waals surface area (Å²) in [5.74, 6) is 1.85. The van der Waals surface area contributed by atoms with Crippen LogP contribution in [0.5, 0.6) is 11.5 Å². The van der Waals surface area contributed by atoms with E-state index in [0.717, 1.165) is 42.9 Å². The highest BCUT2D eigenvalue weighted by atomic mass is 16.5. The Morgan fingerprint density at radius 2 is 1.34 bits per heavy atom. The third-order valence-corrected chi connectivity index (χ3v) is 3.98. The Morgan fingerprint density at radius 1 is 0.828 bits per heavy atom. The number of guanidine groups is 2. The standard InChI is InChI=1S/C22H31N5O2/c1-3-5-15-28-19-11-7-17(8-12-19)25-21(23)27-22(24)26-18-9-13-20(14-10-18)29-16-6-4-2/h7-14H,3-6,15-16H2,1-2H3,(H5,23,24,25,26,27). The van der Waals surface area contributed by atoms with Crippen LogP contribution in [0.15, 0.2) is 58.5 Å². The number of unbranched alkanes of at least 4 members (excludes halogenated alkanes) is 2. The van der Waals surface area contributed by atoms with Crippen molar-refractivity contribution in [2.75, 3.05) is 18.5 Å². The second-order valence-electron chi connectivity index (χ2n) is 6.51. The predicted octanol–water partition coefficient (Wildman–Crippen LogP) is 4.42. The molecule has 0 bridgehead atoms. The fourth-order valence-electron chi connectivity index (χ4n) is 2.38. The maximum atomic E-state index is 5.92. The smallest absolute Gasteiger partial charge is 0.223 e. The summed E-state index contributed by atoms with van der Waals surface area (Å²) in [6.45, 7) is 5.68. The van der Waals surface area contributed by atoms with E-state index in [-0.39, 0.29) is 11.9 Å². The lowest BCUT2D eigenvalue weighted by Crippen LogP contribution is -2.26. The fourth-order valence-corrected chi connectivity index (χ4v) is 2.38. The van der Waals surface area contributed by atoms with Crippen LogP contribution in [-0.2, 0) is 0 Å². The van der Waals surface area contributed by atoms with E-state index in [1.807, 2.05) is 48.5 Å². The molecule has 0 unspecified atom stereocenters. The zero-order chi connectivity index (χ0) is 20.9. The molecule has 2 aromatic carbocycles. The minimum Gasteiger partial charge on any atom is -0.494 e. The molecule has 0 aliphatic heterocycles. The van der Waals surface area contributed by atoms with Crippen LogP contribution in [0.1, 0.15) is 39.5 Å². The van der Waals surface area contributed by atoms with Crippen LogP contribution in [0.25, 0.3) is 0 Å². The number of rotatable bonds is 10. The molecule has 2 aromatic rings. The van der Waals surface area contributed by atoms with E-state index in [0.29, 0.717) is 18.9 Å². The number of nitrogens with two attached hydrogens (primary N) is 2. The monoisotopic (exact) mass is 397 g/mol. The van der Waals surface area contributed by atoms with Crippen LogP contribution in [0, 0.1) is 0 Å². The fraction of sp³-hybridized carbons (Fsp3) is 0.364. The molecular weight excluding hydrogens is 366 g/mol. The van der Waals surface area contributed by atoms with Gasteiger partial charge in [-0.25, -0.2) is 4.99 Å². The molecule has 0 aliphatic rings. The number of anilines is 1. The van der Waals surface area contributed by atoms with Crippen molar-refractivity contribution >= 4 is 23.3 Å². The van der Waals surface area contributed by atoms with E-state index in [1.165, 1.54) is 0 Å². The van der Waals surface area contributed by atoms with Gasteiger partial charge < -0.3 is 26.3 Å². The first-order valence-corrected chi connectivity index (χ1v) is 10.0. The first-order chi connectivity index (χ1) is 14.1. The van der Waals surface area contributed by atoms with Gasteiger partial charge in [-0.2, -0.15) is 4.99 Å². The van der Waals surface area contributed by atoms with Crippen molar-refractivity contribution in [2.45, 2.75) is 39.5 Å². The molecule has 5 N–H and O–H groups in total. The summed E-state index contributed by atoms with van der Waals surface area (Å²) in [5.41, 5.74) is 13.3. The van der Waals surface area contributed by atoms with Gasteiger partial charge in [-0.05, 0) is 61.4 Å². The molecule has 0 heterocycles. The van der Waals surface area contributed by atoms with Gasteiger partial charge in [0, 0.05) is 5.69 Å². The normalized spacial score (nSPS) is 11.9. The van der Waals surface area contributed by atoms with E-state index < -0.39 is 0 Å². The number of benzene rings is 2. The van der Waals surface area contributed by atoms with Crippen LogP contribution in [0.3, 0.4) is 0 Å². The number of hydrogen-bond donors (Lipinski definition) is 3. The molecule has 0 saturated heterocycles. The third-order valence-electron chi connectivity index (χ3n) is 3.98. The van der Waals surface area contributed by atoms with Crippen molar-refractivity contribution in [1.29, 1.82) is 0 Å². The average molecular weight is 398 g/mol. The van der Waals surface area contributed by atoms with Crippen LogP contribution in [-0.4, -0.2) is 25.1 Å². The summed E-state index contributed by atoms with van der Waals surface area (Å²) >= 11 is 0. The summed E-state index contributed by atoms with van der Waals surface area (Å²) in [4.78, 5) is 8.33. The molecule has 0 aliphatic carbocycles. The minimum atomic E-state index is 0.0640. The lowest BCUT2D eigenvalue weighted by molar-refractivity contribution is 0.309. The van der Waals surface area contributed by atoms with Crippen LogP contribution in [0.4, 0.5) is 11.4 Å². The Labute approximate surface area is 172 Å². The van der Waals surface area contributed by atoms with Gasteiger partial charge in [-0.1, -0.05) is 26.7 Å². The highest BCUT2D eigenvalue weighted by Gasteiger charge is 2.00. The van der Waals surface area contributed by atoms with E-state index in [9.17, 15) is 0 Å². The van der Waals surface area contributed by atoms with Crippen LogP contribution < -0.4 is 26.3 Å². The molecule has 7 nitrogen and oxygen atoms in total. The molecule has 0 atom stereocenters. The molecule has 0 amide bonds. The van der Waals surface area contributed by atoms with Crippen molar-refractivity contribution in [3.63, 3.8) is 0 Å². The van der Waals surface area contributed by atoms with Gasteiger partial charge in [0.05, 0.1) is 18.9 Å². The van der Waals surface area contributed by atoms with Gasteiger partial charge >= 0.3 is 0 Å².